The van der Waals surface area contributed by atoms with Crippen molar-refractivity contribution >= 4 is 11.4 Å². The Morgan fingerprint density at radius 3 is 2.14 bits per heavy atom. The van der Waals surface area contributed by atoms with Gasteiger partial charge < -0.3 is 0 Å². The van der Waals surface area contributed by atoms with Crippen molar-refractivity contribution in [3.8, 4) is 0 Å². The Morgan fingerprint density at radius 1 is 0.909 bits per heavy atom. The number of hydrogen-bond acceptors (Lipinski definition) is 1. The molecule has 0 heterocycles. The van der Waals surface area contributed by atoms with Crippen LogP contribution in [0.5, 0.6) is 0 Å². The number of alkyl halides is 3. The quantitative estimate of drug-likeness (QED) is 0.775. The highest BCUT2D eigenvalue weighted by molar-refractivity contribution is 6.23. The van der Waals surface area contributed by atoms with Crippen LogP contribution in [0.2, 0.25) is 0 Å². The van der Waals surface area contributed by atoms with E-state index in [2.05, 4.69) is 0 Å². The molecule has 0 amide bonds. The first-order valence-electron chi connectivity index (χ1n) is 6.93. The third-order valence-electron chi connectivity index (χ3n) is 3.82. The minimum absolute atomic E-state index is 0.0242. The van der Waals surface area contributed by atoms with Gasteiger partial charge in [0.05, 0.1) is 5.56 Å². The van der Waals surface area contributed by atoms with E-state index in [1.54, 1.807) is 0 Å². The molecule has 1 atom stereocenters. The summed E-state index contributed by atoms with van der Waals surface area (Å²) in [6.45, 7) is 0. The summed E-state index contributed by atoms with van der Waals surface area (Å²) in [5.41, 5.74) is 1.55. The zero-order valence-electron chi connectivity index (χ0n) is 11.6. The number of carbonyl (C=O) groups is 1. The predicted octanol–water partition coefficient (Wildman–Crippen LogP) is 4.85. The van der Waals surface area contributed by atoms with E-state index in [9.17, 15) is 18.0 Å². The van der Waals surface area contributed by atoms with E-state index in [1.807, 2.05) is 36.4 Å². The summed E-state index contributed by atoms with van der Waals surface area (Å²) in [4.78, 5) is 12.1. The number of benzene rings is 2. The lowest BCUT2D eigenvalue weighted by Gasteiger charge is -2.10. The van der Waals surface area contributed by atoms with Crippen LogP contribution in [0.15, 0.2) is 60.7 Å². The Kier molecular flexibility index (Phi) is 3.61. The van der Waals surface area contributed by atoms with Gasteiger partial charge >= 0.3 is 6.18 Å². The molecule has 0 fully saturated rings. The van der Waals surface area contributed by atoms with Gasteiger partial charge in [0.15, 0.2) is 5.78 Å². The second-order valence-corrected chi connectivity index (χ2v) is 5.30. The average molecular weight is 302 g/mol. The van der Waals surface area contributed by atoms with Crippen molar-refractivity contribution in [1.29, 1.82) is 0 Å². The molecule has 2 aromatic rings. The fourth-order valence-electron chi connectivity index (χ4n) is 2.67. The zero-order chi connectivity index (χ0) is 15.7. The molecule has 0 saturated carbocycles. The predicted molar refractivity (Wildman–Crippen MR) is 78.2 cm³/mol. The largest absolute Gasteiger partial charge is 0.416 e. The summed E-state index contributed by atoms with van der Waals surface area (Å²) < 4.78 is 37.7. The molecule has 0 N–H and O–H groups in total. The maximum atomic E-state index is 12.6. The smallest absolute Gasteiger partial charge is 0.294 e. The standard InChI is InChI=1S/C18H13F3O/c19-18(20,21)15-8-6-12(7-9-15)14-10-16(17(22)11-14)13-4-2-1-3-5-13/h1-10,14H,11H2. The number of hydrogen-bond donors (Lipinski definition) is 0. The van der Waals surface area contributed by atoms with Crippen LogP contribution in [0.3, 0.4) is 0 Å². The number of Topliss-reactive ketones (excluding diaryl/α,β-unsaturated/α-hetero) is 1. The van der Waals surface area contributed by atoms with Gasteiger partial charge in [0.2, 0.25) is 0 Å². The van der Waals surface area contributed by atoms with E-state index >= 15 is 0 Å². The molecule has 0 radical (unpaired) electrons. The Bertz CT molecular complexity index is 712. The summed E-state index contributed by atoms with van der Waals surface area (Å²) in [7, 11) is 0. The van der Waals surface area contributed by atoms with E-state index in [1.165, 1.54) is 12.1 Å². The van der Waals surface area contributed by atoms with Crippen LogP contribution in [0, 0.1) is 0 Å². The van der Waals surface area contributed by atoms with Crippen LogP contribution in [-0.2, 0) is 11.0 Å². The van der Waals surface area contributed by atoms with Crippen molar-refractivity contribution < 1.29 is 18.0 Å². The van der Waals surface area contributed by atoms with Crippen LogP contribution in [-0.4, -0.2) is 5.78 Å². The van der Waals surface area contributed by atoms with Crippen molar-refractivity contribution in [2.24, 2.45) is 0 Å². The highest BCUT2D eigenvalue weighted by Gasteiger charge is 2.31. The minimum atomic E-state index is -4.34. The SMILES string of the molecule is O=C1CC(c2ccc(C(F)(F)F)cc2)C=C1c1ccccc1. The van der Waals surface area contributed by atoms with E-state index in [4.69, 9.17) is 0 Å². The molecule has 0 spiro atoms. The first-order chi connectivity index (χ1) is 10.4. The number of carbonyl (C=O) groups excluding carboxylic acids is 1. The van der Waals surface area contributed by atoms with Crippen molar-refractivity contribution in [3.63, 3.8) is 0 Å². The topological polar surface area (TPSA) is 17.1 Å². The fraction of sp³-hybridized carbons (Fsp3) is 0.167. The number of halogens is 3. The number of ketones is 1. The lowest BCUT2D eigenvalue weighted by atomic mass is 9.97. The van der Waals surface area contributed by atoms with Crippen LogP contribution in [0.25, 0.3) is 5.57 Å². The van der Waals surface area contributed by atoms with E-state index < -0.39 is 11.7 Å². The molecule has 1 nitrogen and oxygen atoms in total. The summed E-state index contributed by atoms with van der Waals surface area (Å²) >= 11 is 0. The van der Waals surface area contributed by atoms with Gasteiger partial charge in [-0.1, -0.05) is 48.5 Å². The summed E-state index contributed by atoms with van der Waals surface area (Å²) in [5, 5.41) is 0. The maximum absolute atomic E-state index is 12.6. The normalized spacial score (nSPS) is 18.4. The number of rotatable bonds is 2. The fourth-order valence-corrected chi connectivity index (χ4v) is 2.67. The highest BCUT2D eigenvalue weighted by atomic mass is 19.4. The molecular weight excluding hydrogens is 289 g/mol. The molecule has 2 aromatic carbocycles. The number of allylic oxidation sites excluding steroid dienone is 2. The third-order valence-corrected chi connectivity index (χ3v) is 3.82. The van der Waals surface area contributed by atoms with Gasteiger partial charge in [0.25, 0.3) is 0 Å². The van der Waals surface area contributed by atoms with Gasteiger partial charge in [-0.05, 0) is 23.3 Å². The molecule has 0 saturated heterocycles. The first-order valence-corrected chi connectivity index (χ1v) is 6.93. The lowest BCUT2D eigenvalue weighted by molar-refractivity contribution is -0.137. The van der Waals surface area contributed by atoms with E-state index in [-0.39, 0.29) is 11.7 Å². The van der Waals surface area contributed by atoms with Gasteiger partial charge in [0.1, 0.15) is 0 Å². The maximum Gasteiger partial charge on any atom is 0.416 e. The Labute approximate surface area is 126 Å². The van der Waals surface area contributed by atoms with Crippen molar-refractivity contribution in [1.82, 2.24) is 0 Å². The molecule has 0 aliphatic heterocycles. The van der Waals surface area contributed by atoms with E-state index in [0.717, 1.165) is 23.3 Å². The minimum Gasteiger partial charge on any atom is -0.294 e. The van der Waals surface area contributed by atoms with Crippen molar-refractivity contribution in [2.45, 2.75) is 18.5 Å². The molecule has 1 aliphatic carbocycles. The molecule has 0 bridgehead atoms. The Balaban J connectivity index is 1.88. The average Bonchev–Trinajstić information content (AvgIpc) is 2.89. The molecule has 4 heteroatoms. The molecule has 1 unspecified atom stereocenters. The van der Waals surface area contributed by atoms with Gasteiger partial charge in [-0.15, -0.1) is 0 Å². The van der Waals surface area contributed by atoms with Crippen LogP contribution < -0.4 is 0 Å². The molecule has 3 rings (SSSR count). The van der Waals surface area contributed by atoms with Crippen molar-refractivity contribution in [3.05, 3.63) is 77.4 Å². The van der Waals surface area contributed by atoms with Crippen LogP contribution in [0.4, 0.5) is 13.2 Å². The Morgan fingerprint density at radius 2 is 1.55 bits per heavy atom. The molecule has 0 aromatic heterocycles. The molecular formula is C18H13F3O. The van der Waals surface area contributed by atoms with Crippen molar-refractivity contribution in [2.75, 3.05) is 0 Å². The summed E-state index contributed by atoms with van der Waals surface area (Å²) in [6, 6.07) is 14.3. The van der Waals surface area contributed by atoms with Gasteiger partial charge in [-0.2, -0.15) is 13.2 Å². The summed E-state index contributed by atoms with van der Waals surface area (Å²) in [6.07, 6.45) is -2.19. The Hall–Kier alpha value is -2.36. The van der Waals surface area contributed by atoms with Gasteiger partial charge in [-0.3, -0.25) is 4.79 Å². The van der Waals surface area contributed by atoms with Crippen LogP contribution >= 0.6 is 0 Å². The van der Waals surface area contributed by atoms with E-state index in [0.29, 0.717) is 12.0 Å². The second-order valence-electron chi connectivity index (χ2n) is 5.30. The zero-order valence-corrected chi connectivity index (χ0v) is 11.6. The van der Waals surface area contributed by atoms with Gasteiger partial charge in [0, 0.05) is 17.9 Å². The molecule has 112 valence electrons. The monoisotopic (exact) mass is 302 g/mol. The first kappa shape index (κ1) is 14.6. The highest BCUT2D eigenvalue weighted by Crippen LogP contribution is 2.36. The van der Waals surface area contributed by atoms with Crippen LogP contribution in [0.1, 0.15) is 29.0 Å². The molecule has 1 aliphatic rings. The third kappa shape index (κ3) is 2.82. The lowest BCUT2D eigenvalue weighted by Crippen LogP contribution is -2.05. The second kappa shape index (κ2) is 5.44. The summed E-state index contributed by atoms with van der Waals surface area (Å²) in [5.74, 6) is -0.138. The van der Waals surface area contributed by atoms with Gasteiger partial charge in [-0.25, -0.2) is 0 Å². The molecule has 22 heavy (non-hydrogen) atoms.